The van der Waals surface area contributed by atoms with Crippen molar-refractivity contribution in [3.05, 3.63) is 60.2 Å². The molecule has 0 radical (unpaired) electrons. The summed E-state index contributed by atoms with van der Waals surface area (Å²) >= 11 is 0. The normalized spacial score (nSPS) is 13.9. The summed E-state index contributed by atoms with van der Waals surface area (Å²) in [6.07, 6.45) is -0.564. The molecule has 2 rings (SSSR count). The van der Waals surface area contributed by atoms with Gasteiger partial charge in [0.15, 0.2) is 0 Å². The number of aliphatic hydroxyl groups is 1. The molecule has 9 heteroatoms. The number of aromatic hydroxyl groups is 1. The van der Waals surface area contributed by atoms with Crippen LogP contribution in [0.2, 0.25) is 0 Å². The molecule has 0 aliphatic carbocycles. The van der Waals surface area contributed by atoms with Crippen LogP contribution in [-0.4, -0.2) is 46.6 Å². The third-order valence-electron chi connectivity index (χ3n) is 4.30. The van der Waals surface area contributed by atoms with Crippen molar-refractivity contribution in [1.82, 2.24) is 9.79 Å². The van der Waals surface area contributed by atoms with E-state index in [1.165, 1.54) is 29.7 Å². The smallest absolute Gasteiger partial charge is 0.261 e. The van der Waals surface area contributed by atoms with Gasteiger partial charge in [-0.15, -0.1) is 0 Å². The lowest BCUT2D eigenvalue weighted by atomic mass is 10.1. The maximum absolute atomic E-state index is 13.2. The number of hydrogen-bond donors (Lipinski definition) is 4. The molecule has 28 heavy (non-hydrogen) atoms. The summed E-state index contributed by atoms with van der Waals surface area (Å²) in [6, 6.07) is 12.1. The number of carbonyl (C=O) groups excluding carboxylic acids is 1. The van der Waals surface area contributed by atoms with Gasteiger partial charge in [0.05, 0.1) is 11.0 Å². The van der Waals surface area contributed by atoms with Crippen LogP contribution in [-0.2, 0) is 14.8 Å². The van der Waals surface area contributed by atoms with Gasteiger partial charge < -0.3 is 10.2 Å². The van der Waals surface area contributed by atoms with Gasteiger partial charge in [-0.1, -0.05) is 43.7 Å². The van der Waals surface area contributed by atoms with Crippen molar-refractivity contribution >= 4 is 15.9 Å². The first-order valence-electron chi connectivity index (χ1n) is 8.79. The average molecular weight is 408 g/mol. The zero-order chi connectivity index (χ0) is 20.7. The van der Waals surface area contributed by atoms with Crippen LogP contribution in [0.3, 0.4) is 0 Å². The Morgan fingerprint density at radius 1 is 1.11 bits per heavy atom. The van der Waals surface area contributed by atoms with Crippen molar-refractivity contribution in [3.8, 4) is 5.75 Å². The van der Waals surface area contributed by atoms with Crippen LogP contribution < -0.4 is 5.48 Å². The fourth-order valence-electron chi connectivity index (χ4n) is 2.85. The average Bonchev–Trinajstić information content (AvgIpc) is 2.70. The van der Waals surface area contributed by atoms with E-state index >= 15 is 0 Å². The van der Waals surface area contributed by atoms with Crippen molar-refractivity contribution in [2.75, 3.05) is 6.54 Å². The molecule has 4 N–H and O–H groups in total. The van der Waals surface area contributed by atoms with E-state index in [0.29, 0.717) is 12.0 Å². The Bertz CT molecular complexity index is 871. The molecule has 0 saturated heterocycles. The SMILES string of the molecule is CCC[C@H](C(=O)NO)N(CC(O)c1ccccc1)S(=O)(=O)c1ccc(O)cc1. The summed E-state index contributed by atoms with van der Waals surface area (Å²) in [5.41, 5.74) is 2.00. The van der Waals surface area contributed by atoms with Gasteiger partial charge in [0.2, 0.25) is 10.0 Å². The van der Waals surface area contributed by atoms with Gasteiger partial charge in [0.1, 0.15) is 11.8 Å². The van der Waals surface area contributed by atoms with Crippen molar-refractivity contribution in [3.63, 3.8) is 0 Å². The Morgan fingerprint density at radius 2 is 1.71 bits per heavy atom. The van der Waals surface area contributed by atoms with E-state index in [-0.39, 0.29) is 23.6 Å². The van der Waals surface area contributed by atoms with Gasteiger partial charge in [-0.25, -0.2) is 13.9 Å². The standard InChI is InChI=1S/C19H24N2O6S/c1-2-6-17(19(24)20-25)21(13-18(23)14-7-4-3-5-8-14)28(26,27)16-11-9-15(22)10-12-16/h3-5,7-12,17-18,22-23,25H,2,6,13H2,1H3,(H,20,24)/t17-,18?/m1/s1. The quantitative estimate of drug-likeness (QED) is 0.370. The van der Waals surface area contributed by atoms with Gasteiger partial charge in [0.25, 0.3) is 5.91 Å². The zero-order valence-corrected chi connectivity index (χ0v) is 16.2. The van der Waals surface area contributed by atoms with Crippen molar-refractivity contribution in [1.29, 1.82) is 0 Å². The first kappa shape index (κ1) is 21.8. The first-order valence-corrected chi connectivity index (χ1v) is 10.2. The van der Waals surface area contributed by atoms with Crippen molar-refractivity contribution in [2.24, 2.45) is 0 Å². The Morgan fingerprint density at radius 3 is 2.25 bits per heavy atom. The number of nitrogens with one attached hydrogen (secondary N) is 1. The molecular weight excluding hydrogens is 384 g/mol. The zero-order valence-electron chi connectivity index (χ0n) is 15.4. The number of amides is 1. The van der Waals surface area contributed by atoms with Gasteiger partial charge in [-0.3, -0.25) is 10.0 Å². The number of aliphatic hydroxyl groups excluding tert-OH is 1. The van der Waals surface area contributed by atoms with Gasteiger partial charge >= 0.3 is 0 Å². The maximum Gasteiger partial charge on any atom is 0.261 e. The summed E-state index contributed by atoms with van der Waals surface area (Å²) < 4.78 is 27.3. The Kier molecular flexibility index (Phi) is 7.53. The number of nitrogens with zero attached hydrogens (tertiary/aromatic N) is 1. The Balaban J connectivity index is 2.47. The predicted octanol–water partition coefficient (Wildman–Crippen LogP) is 1.79. The molecule has 8 nitrogen and oxygen atoms in total. The van der Waals surface area contributed by atoms with E-state index in [9.17, 15) is 23.4 Å². The number of sulfonamides is 1. The number of carbonyl (C=O) groups is 1. The molecule has 0 bridgehead atoms. The molecule has 2 aromatic carbocycles. The Hall–Kier alpha value is -2.46. The summed E-state index contributed by atoms with van der Waals surface area (Å²) in [5, 5.41) is 29.1. The minimum Gasteiger partial charge on any atom is -0.508 e. The highest BCUT2D eigenvalue weighted by atomic mass is 32.2. The molecule has 0 heterocycles. The number of hydrogen-bond acceptors (Lipinski definition) is 6. The van der Waals surface area contributed by atoms with Gasteiger partial charge in [-0.05, 0) is 36.2 Å². The molecule has 0 saturated carbocycles. The molecule has 2 aromatic rings. The minimum atomic E-state index is -4.21. The number of hydroxylamine groups is 1. The van der Waals surface area contributed by atoms with Crippen LogP contribution in [0, 0.1) is 0 Å². The van der Waals surface area contributed by atoms with E-state index in [2.05, 4.69) is 0 Å². The molecule has 1 amide bonds. The lowest BCUT2D eigenvalue weighted by Gasteiger charge is -2.31. The first-order chi connectivity index (χ1) is 13.3. The molecule has 0 fully saturated rings. The lowest BCUT2D eigenvalue weighted by molar-refractivity contribution is -0.133. The highest BCUT2D eigenvalue weighted by Gasteiger charge is 2.37. The molecule has 0 aliphatic rings. The molecule has 0 spiro atoms. The minimum absolute atomic E-state index is 0.104. The van der Waals surface area contributed by atoms with Crippen molar-refractivity contribution in [2.45, 2.75) is 36.8 Å². The highest BCUT2D eigenvalue weighted by molar-refractivity contribution is 7.89. The molecular formula is C19H24N2O6S. The van der Waals surface area contributed by atoms with Gasteiger partial charge in [-0.2, -0.15) is 4.31 Å². The van der Waals surface area contributed by atoms with Crippen LogP contribution in [0.5, 0.6) is 5.75 Å². The van der Waals surface area contributed by atoms with Crippen molar-refractivity contribution < 1.29 is 28.6 Å². The summed E-state index contributed by atoms with van der Waals surface area (Å²) in [4.78, 5) is 12.1. The number of phenols is 1. The lowest BCUT2D eigenvalue weighted by Crippen LogP contribution is -2.50. The largest absolute Gasteiger partial charge is 0.508 e. The summed E-state index contributed by atoms with van der Waals surface area (Å²) in [5.74, 6) is -0.988. The maximum atomic E-state index is 13.2. The second-order valence-electron chi connectivity index (χ2n) is 6.28. The Labute approximate surface area is 164 Å². The molecule has 0 aromatic heterocycles. The van der Waals surface area contributed by atoms with E-state index in [1.54, 1.807) is 37.3 Å². The number of benzene rings is 2. The van der Waals surface area contributed by atoms with Crippen LogP contribution in [0.25, 0.3) is 0 Å². The predicted molar refractivity (Wildman–Crippen MR) is 102 cm³/mol. The number of phenolic OH excluding ortho intramolecular Hbond substituents is 1. The molecule has 152 valence electrons. The second kappa shape index (κ2) is 9.65. The fraction of sp³-hybridized carbons (Fsp3) is 0.316. The third kappa shape index (κ3) is 5.08. The van der Waals surface area contributed by atoms with E-state index in [0.717, 1.165) is 4.31 Å². The van der Waals surface area contributed by atoms with Crippen LogP contribution >= 0.6 is 0 Å². The van der Waals surface area contributed by atoms with Crippen LogP contribution in [0.1, 0.15) is 31.4 Å². The molecule has 0 aliphatic heterocycles. The third-order valence-corrected chi connectivity index (χ3v) is 6.19. The van der Waals surface area contributed by atoms with Crippen LogP contribution in [0.4, 0.5) is 0 Å². The molecule has 2 atom stereocenters. The fourth-order valence-corrected chi connectivity index (χ4v) is 4.48. The monoisotopic (exact) mass is 408 g/mol. The highest BCUT2D eigenvalue weighted by Crippen LogP contribution is 2.26. The van der Waals surface area contributed by atoms with E-state index in [1.807, 2.05) is 0 Å². The van der Waals surface area contributed by atoms with Crippen LogP contribution in [0.15, 0.2) is 59.5 Å². The van der Waals surface area contributed by atoms with E-state index in [4.69, 9.17) is 5.21 Å². The summed E-state index contributed by atoms with van der Waals surface area (Å²) in [6.45, 7) is 1.39. The van der Waals surface area contributed by atoms with Gasteiger partial charge in [0, 0.05) is 6.54 Å². The van der Waals surface area contributed by atoms with E-state index < -0.39 is 28.1 Å². The second-order valence-corrected chi connectivity index (χ2v) is 8.17. The number of rotatable bonds is 9. The molecule has 1 unspecified atom stereocenters. The summed E-state index contributed by atoms with van der Waals surface area (Å²) in [7, 11) is -4.21. The topological polar surface area (TPSA) is 127 Å².